The Morgan fingerprint density at radius 2 is 1.94 bits per heavy atom. The van der Waals surface area contributed by atoms with Crippen molar-refractivity contribution in [3.05, 3.63) is 65.5 Å². The molecule has 0 bridgehead atoms. The summed E-state index contributed by atoms with van der Waals surface area (Å²) in [4.78, 5) is 33.6. The molecule has 2 fully saturated rings. The number of ether oxygens (including phenoxy) is 2. The molecule has 0 spiro atoms. The minimum absolute atomic E-state index is 0.0191. The van der Waals surface area contributed by atoms with Crippen molar-refractivity contribution in [2.45, 2.75) is 31.0 Å². The number of nitriles is 1. The average molecular weight is 434 g/mol. The molecule has 166 valence electrons. The van der Waals surface area contributed by atoms with Crippen LogP contribution in [0.25, 0.3) is 0 Å². The lowest BCUT2D eigenvalue weighted by Gasteiger charge is -2.52. The number of aromatic nitrogens is 1. The van der Waals surface area contributed by atoms with Gasteiger partial charge >= 0.3 is 0 Å². The molecule has 1 aromatic carbocycles. The van der Waals surface area contributed by atoms with Crippen LogP contribution in [0, 0.1) is 11.3 Å². The normalized spacial score (nSPS) is 21.2. The van der Waals surface area contributed by atoms with Crippen LogP contribution in [0.3, 0.4) is 0 Å². The van der Waals surface area contributed by atoms with Crippen LogP contribution >= 0.6 is 0 Å². The molecule has 2 unspecified atom stereocenters. The lowest BCUT2D eigenvalue weighted by atomic mass is 9.86. The smallest absolute Gasteiger partial charge is 0.255 e. The predicted molar refractivity (Wildman–Crippen MR) is 116 cm³/mol. The molecule has 2 aliphatic heterocycles. The molecule has 8 heteroatoms. The quantitative estimate of drug-likeness (QED) is 0.490. The monoisotopic (exact) mass is 434 g/mol. The summed E-state index contributed by atoms with van der Waals surface area (Å²) in [7, 11) is 1.60. The van der Waals surface area contributed by atoms with Gasteiger partial charge in [0.15, 0.2) is 6.10 Å². The summed E-state index contributed by atoms with van der Waals surface area (Å²) in [6.07, 6.45) is 4.31. The molecule has 8 nitrogen and oxygen atoms in total. The van der Waals surface area contributed by atoms with Crippen LogP contribution in [-0.2, 0) is 14.3 Å². The van der Waals surface area contributed by atoms with Crippen molar-refractivity contribution < 1.29 is 19.1 Å². The van der Waals surface area contributed by atoms with Gasteiger partial charge in [-0.3, -0.25) is 14.6 Å². The number of piperidine rings is 1. The standard InChI is InChI=1S/C24H26N4O4/c1-31-13-14-32-22-21(18-5-9-26-10-6-18)28(24(22)30)20-7-11-27(12-8-20)23(29)19-4-2-3-17(15-19)16-25/h2-6,9-10,15,20-22H,7-8,11-14H2,1H3. The van der Waals surface area contributed by atoms with E-state index in [2.05, 4.69) is 11.1 Å². The van der Waals surface area contributed by atoms with Gasteiger partial charge in [0, 0.05) is 44.2 Å². The zero-order chi connectivity index (χ0) is 22.5. The number of carbonyl (C=O) groups is 2. The number of benzene rings is 1. The Hall–Kier alpha value is -3.28. The second-order valence-corrected chi connectivity index (χ2v) is 7.97. The Morgan fingerprint density at radius 3 is 2.62 bits per heavy atom. The van der Waals surface area contributed by atoms with Crippen LogP contribution in [0.5, 0.6) is 0 Å². The summed E-state index contributed by atoms with van der Waals surface area (Å²) in [6, 6.07) is 12.5. The molecular formula is C24H26N4O4. The second kappa shape index (κ2) is 9.90. The third-order valence-corrected chi connectivity index (χ3v) is 6.10. The first-order valence-electron chi connectivity index (χ1n) is 10.8. The largest absolute Gasteiger partial charge is 0.382 e. The van der Waals surface area contributed by atoms with Crippen molar-refractivity contribution in [3.8, 4) is 6.07 Å². The summed E-state index contributed by atoms with van der Waals surface area (Å²) in [5, 5.41) is 9.08. The molecule has 2 atom stereocenters. The van der Waals surface area contributed by atoms with Gasteiger partial charge in [0.2, 0.25) is 0 Å². The van der Waals surface area contributed by atoms with Crippen molar-refractivity contribution in [3.63, 3.8) is 0 Å². The van der Waals surface area contributed by atoms with Gasteiger partial charge in [-0.1, -0.05) is 6.07 Å². The lowest BCUT2D eigenvalue weighted by Crippen LogP contribution is -2.65. The highest BCUT2D eigenvalue weighted by Gasteiger charge is 2.52. The SMILES string of the molecule is COCCOC1C(=O)N(C2CCN(C(=O)c3cccc(C#N)c3)CC2)C1c1ccncc1. The van der Waals surface area contributed by atoms with Crippen LogP contribution < -0.4 is 0 Å². The topological polar surface area (TPSA) is 95.8 Å². The van der Waals surface area contributed by atoms with E-state index in [4.69, 9.17) is 14.7 Å². The van der Waals surface area contributed by atoms with Crippen LogP contribution in [0.4, 0.5) is 0 Å². The minimum Gasteiger partial charge on any atom is -0.382 e. The number of methoxy groups -OCH3 is 1. The number of likely N-dealkylation sites (tertiary alicyclic amines) is 2. The van der Waals surface area contributed by atoms with Crippen LogP contribution in [-0.4, -0.2) is 72.2 Å². The highest BCUT2D eigenvalue weighted by Crippen LogP contribution is 2.40. The number of nitrogens with zero attached hydrogens (tertiary/aromatic N) is 4. The first-order valence-corrected chi connectivity index (χ1v) is 10.8. The van der Waals surface area contributed by atoms with Crippen molar-refractivity contribution in [1.82, 2.24) is 14.8 Å². The molecule has 2 saturated heterocycles. The number of hydrogen-bond donors (Lipinski definition) is 0. The van der Waals surface area contributed by atoms with Crippen LogP contribution in [0.1, 0.15) is 40.4 Å². The fourth-order valence-corrected chi connectivity index (χ4v) is 4.46. The minimum atomic E-state index is -0.527. The molecule has 2 aromatic rings. The Bertz CT molecular complexity index is 999. The molecule has 0 aliphatic carbocycles. The summed E-state index contributed by atoms with van der Waals surface area (Å²) < 4.78 is 10.9. The number of carbonyl (C=O) groups excluding carboxylic acids is 2. The molecule has 32 heavy (non-hydrogen) atoms. The number of amides is 2. The highest BCUT2D eigenvalue weighted by atomic mass is 16.5. The maximum atomic E-state index is 13.0. The Balaban J connectivity index is 1.43. The number of β-lactam (4-membered cyclic amide) rings is 1. The van der Waals surface area contributed by atoms with E-state index in [0.717, 1.165) is 5.56 Å². The first kappa shape index (κ1) is 21.9. The number of rotatable bonds is 7. The van der Waals surface area contributed by atoms with Crippen molar-refractivity contribution >= 4 is 11.8 Å². The van der Waals surface area contributed by atoms with Crippen molar-refractivity contribution in [2.24, 2.45) is 0 Å². The molecule has 0 radical (unpaired) electrons. The molecule has 3 heterocycles. The maximum Gasteiger partial charge on any atom is 0.255 e. The van der Waals surface area contributed by atoms with Gasteiger partial charge in [-0.05, 0) is 48.7 Å². The van der Waals surface area contributed by atoms with Crippen molar-refractivity contribution in [1.29, 1.82) is 5.26 Å². The zero-order valence-electron chi connectivity index (χ0n) is 18.0. The zero-order valence-corrected chi connectivity index (χ0v) is 18.0. The van der Waals surface area contributed by atoms with Crippen molar-refractivity contribution in [2.75, 3.05) is 33.4 Å². The van der Waals surface area contributed by atoms with Gasteiger partial charge in [0.05, 0.1) is 30.9 Å². The van der Waals surface area contributed by atoms with Gasteiger partial charge in [-0.25, -0.2) is 0 Å². The fourth-order valence-electron chi connectivity index (χ4n) is 4.46. The first-order chi connectivity index (χ1) is 15.6. The molecule has 0 N–H and O–H groups in total. The fraction of sp³-hybridized carbons (Fsp3) is 0.417. The van der Waals surface area contributed by atoms with E-state index in [-0.39, 0.29) is 23.9 Å². The van der Waals surface area contributed by atoms with E-state index in [1.165, 1.54) is 0 Å². The van der Waals surface area contributed by atoms with Crippen LogP contribution in [0.15, 0.2) is 48.8 Å². The van der Waals surface area contributed by atoms with E-state index in [9.17, 15) is 9.59 Å². The third kappa shape index (κ3) is 4.35. The highest BCUT2D eigenvalue weighted by molar-refractivity contribution is 5.94. The van der Waals surface area contributed by atoms with E-state index < -0.39 is 6.10 Å². The molecule has 2 aliphatic rings. The molecule has 2 amide bonds. The Labute approximate surface area is 187 Å². The number of hydrogen-bond acceptors (Lipinski definition) is 6. The molecular weight excluding hydrogens is 408 g/mol. The van der Waals surface area contributed by atoms with E-state index in [1.807, 2.05) is 17.0 Å². The number of pyridine rings is 1. The summed E-state index contributed by atoms with van der Waals surface area (Å²) in [5.74, 6) is -0.101. The lowest BCUT2D eigenvalue weighted by molar-refractivity contribution is -0.183. The molecule has 1 aromatic heterocycles. The Kier molecular flexibility index (Phi) is 6.78. The van der Waals surface area contributed by atoms with E-state index >= 15 is 0 Å². The Morgan fingerprint density at radius 1 is 1.19 bits per heavy atom. The van der Waals surface area contributed by atoms with E-state index in [1.54, 1.807) is 48.7 Å². The maximum absolute atomic E-state index is 13.0. The molecule has 4 rings (SSSR count). The van der Waals surface area contributed by atoms with Gasteiger partial charge in [-0.15, -0.1) is 0 Å². The van der Waals surface area contributed by atoms with Crippen LogP contribution in [0.2, 0.25) is 0 Å². The summed E-state index contributed by atoms with van der Waals surface area (Å²) in [5.41, 5.74) is 1.98. The summed E-state index contributed by atoms with van der Waals surface area (Å²) >= 11 is 0. The average Bonchev–Trinajstić information content (AvgIpc) is 2.85. The second-order valence-electron chi connectivity index (χ2n) is 7.97. The molecule has 0 saturated carbocycles. The summed E-state index contributed by atoms with van der Waals surface area (Å²) in [6.45, 7) is 1.90. The van der Waals surface area contributed by atoms with Gasteiger partial charge in [-0.2, -0.15) is 5.26 Å². The predicted octanol–water partition coefficient (Wildman–Crippen LogP) is 2.17. The van der Waals surface area contributed by atoms with E-state index in [0.29, 0.717) is 50.3 Å². The van der Waals surface area contributed by atoms with Gasteiger partial charge in [0.25, 0.3) is 11.8 Å². The van der Waals surface area contributed by atoms with Gasteiger partial charge in [0.1, 0.15) is 0 Å². The third-order valence-electron chi connectivity index (χ3n) is 6.10. The van der Waals surface area contributed by atoms with Gasteiger partial charge < -0.3 is 19.3 Å².